The lowest BCUT2D eigenvalue weighted by Crippen LogP contribution is -2.60. The van der Waals surface area contributed by atoms with Gasteiger partial charge in [-0.1, -0.05) is 0 Å². The number of carbonyl (C=O) groups excluding carboxylic acids is 1. The first-order valence-electron chi connectivity index (χ1n) is 7.59. The van der Waals surface area contributed by atoms with Gasteiger partial charge in [-0.05, 0) is 30.9 Å². The predicted molar refractivity (Wildman–Crippen MR) is 80.7 cm³/mol. The summed E-state index contributed by atoms with van der Waals surface area (Å²) in [7, 11) is 1.84. The van der Waals surface area contributed by atoms with Crippen molar-refractivity contribution in [1.29, 1.82) is 0 Å². The van der Waals surface area contributed by atoms with Crippen molar-refractivity contribution in [2.24, 2.45) is 0 Å². The number of hydrogen-bond acceptors (Lipinski definition) is 5. The Labute approximate surface area is 128 Å². The van der Waals surface area contributed by atoms with Crippen molar-refractivity contribution in [3.05, 3.63) is 35.3 Å². The van der Waals surface area contributed by atoms with Crippen LogP contribution in [0.25, 0.3) is 0 Å². The molecule has 2 aromatic heterocycles. The number of likely N-dealkylation sites (N-methyl/N-ethyl adjacent to an activating group) is 1. The maximum Gasteiger partial charge on any atom is 0.257 e. The highest BCUT2D eigenvalue weighted by Crippen LogP contribution is 2.26. The monoisotopic (exact) mass is 298 g/mol. The van der Waals surface area contributed by atoms with Crippen LogP contribution in [0.15, 0.2) is 18.5 Å². The molecule has 3 heterocycles. The molecule has 2 aromatic rings. The third kappa shape index (κ3) is 2.13. The zero-order valence-corrected chi connectivity index (χ0v) is 12.5. The Hall–Kier alpha value is -2.44. The smallest absolute Gasteiger partial charge is 0.257 e. The van der Waals surface area contributed by atoms with Crippen LogP contribution in [0.5, 0.6) is 0 Å². The van der Waals surface area contributed by atoms with Crippen LogP contribution in [0.4, 0.5) is 5.82 Å². The number of H-pyrrole nitrogens is 1. The van der Waals surface area contributed by atoms with E-state index in [1.807, 2.05) is 7.05 Å². The quantitative estimate of drug-likeness (QED) is 0.900. The molecule has 0 spiro atoms. The van der Waals surface area contributed by atoms with Gasteiger partial charge in [0, 0.05) is 26.3 Å². The Morgan fingerprint density at radius 1 is 1.36 bits per heavy atom. The molecule has 0 unspecified atom stereocenters. The maximum atomic E-state index is 12.3. The van der Waals surface area contributed by atoms with Gasteiger partial charge in [0.15, 0.2) is 5.82 Å². The summed E-state index contributed by atoms with van der Waals surface area (Å²) in [4.78, 5) is 16.2. The van der Waals surface area contributed by atoms with E-state index in [-0.39, 0.29) is 11.9 Å². The Kier molecular flexibility index (Phi) is 3.06. The topological polar surface area (TPSA) is 78.0 Å². The summed E-state index contributed by atoms with van der Waals surface area (Å²) < 4.78 is 0. The average Bonchev–Trinajstić information content (AvgIpc) is 3.15. The summed E-state index contributed by atoms with van der Waals surface area (Å²) in [5.74, 6) is 0.930. The molecular formula is C15H18N6O. The molecule has 2 aliphatic rings. The lowest BCUT2D eigenvalue weighted by Gasteiger charge is -2.44. The van der Waals surface area contributed by atoms with E-state index in [1.54, 1.807) is 17.3 Å². The normalized spacial score (nSPS) is 17.2. The number of amides is 1. The molecule has 1 fully saturated rings. The number of nitrogens with one attached hydrogen (secondary N) is 1. The summed E-state index contributed by atoms with van der Waals surface area (Å²) in [6, 6.07) is 2.36. The zero-order chi connectivity index (χ0) is 15.1. The van der Waals surface area contributed by atoms with E-state index in [4.69, 9.17) is 0 Å². The van der Waals surface area contributed by atoms with Crippen molar-refractivity contribution in [3.63, 3.8) is 0 Å². The minimum absolute atomic E-state index is 0.00145. The SMILES string of the molecule is CN(C(=O)c1cn[nH]c1)C1CN(c2cc3c(nn2)CCC3)C1. The number of fused-ring (bicyclic) bond motifs is 1. The first kappa shape index (κ1) is 13.2. The number of aryl methyl sites for hydroxylation is 2. The van der Waals surface area contributed by atoms with Crippen molar-refractivity contribution < 1.29 is 4.79 Å². The number of anilines is 1. The van der Waals surface area contributed by atoms with Crippen LogP contribution < -0.4 is 4.90 Å². The van der Waals surface area contributed by atoms with Gasteiger partial charge < -0.3 is 9.80 Å². The molecule has 7 heteroatoms. The van der Waals surface area contributed by atoms with Crippen molar-refractivity contribution in [2.45, 2.75) is 25.3 Å². The molecule has 1 aliphatic carbocycles. The second-order valence-corrected chi connectivity index (χ2v) is 5.99. The molecule has 4 rings (SSSR count). The molecule has 22 heavy (non-hydrogen) atoms. The Bertz CT molecular complexity index is 692. The molecule has 0 atom stereocenters. The average molecular weight is 298 g/mol. The van der Waals surface area contributed by atoms with Crippen LogP contribution in [0.3, 0.4) is 0 Å². The Morgan fingerprint density at radius 3 is 3.00 bits per heavy atom. The fourth-order valence-corrected chi connectivity index (χ4v) is 3.10. The van der Waals surface area contributed by atoms with Gasteiger partial charge in [-0.15, -0.1) is 5.10 Å². The highest BCUT2D eigenvalue weighted by molar-refractivity contribution is 5.93. The summed E-state index contributed by atoms with van der Waals surface area (Å²) in [5, 5.41) is 15.1. The zero-order valence-electron chi connectivity index (χ0n) is 12.5. The van der Waals surface area contributed by atoms with Crippen molar-refractivity contribution in [3.8, 4) is 0 Å². The molecule has 114 valence electrons. The standard InChI is InChI=1S/C15H18N6O/c1-20(15(22)11-6-16-17-7-11)12-8-21(9-12)14-5-10-3-2-4-13(10)18-19-14/h5-7,12H,2-4,8-9H2,1H3,(H,16,17). The van der Waals surface area contributed by atoms with Crippen molar-refractivity contribution >= 4 is 11.7 Å². The number of aromatic amines is 1. The second kappa shape index (κ2) is 5.08. The molecule has 1 N–H and O–H groups in total. The number of nitrogens with zero attached hydrogens (tertiary/aromatic N) is 5. The third-order valence-corrected chi connectivity index (χ3v) is 4.61. The molecule has 1 aliphatic heterocycles. The Morgan fingerprint density at radius 2 is 2.23 bits per heavy atom. The van der Waals surface area contributed by atoms with Crippen LogP contribution in [0.2, 0.25) is 0 Å². The highest BCUT2D eigenvalue weighted by atomic mass is 16.2. The number of rotatable bonds is 3. The fourth-order valence-electron chi connectivity index (χ4n) is 3.10. The van der Waals surface area contributed by atoms with E-state index in [0.29, 0.717) is 5.56 Å². The van der Waals surface area contributed by atoms with Gasteiger partial charge in [-0.2, -0.15) is 10.2 Å². The van der Waals surface area contributed by atoms with Gasteiger partial charge in [0.2, 0.25) is 0 Å². The summed E-state index contributed by atoms with van der Waals surface area (Å²) in [6.45, 7) is 1.60. The van der Waals surface area contributed by atoms with Crippen molar-refractivity contribution in [1.82, 2.24) is 25.3 Å². The lowest BCUT2D eigenvalue weighted by atomic mass is 10.1. The second-order valence-electron chi connectivity index (χ2n) is 5.99. The van der Waals surface area contributed by atoms with Crippen LogP contribution in [-0.2, 0) is 12.8 Å². The molecular weight excluding hydrogens is 280 g/mol. The molecule has 0 saturated carbocycles. The fraction of sp³-hybridized carbons (Fsp3) is 0.467. The van der Waals surface area contributed by atoms with E-state index in [0.717, 1.165) is 37.4 Å². The largest absolute Gasteiger partial charge is 0.351 e. The minimum atomic E-state index is -0.00145. The van der Waals surface area contributed by atoms with E-state index >= 15 is 0 Å². The number of aromatic nitrogens is 4. The van der Waals surface area contributed by atoms with Crippen molar-refractivity contribution in [2.75, 3.05) is 25.0 Å². The van der Waals surface area contributed by atoms with Gasteiger partial charge in [-0.3, -0.25) is 9.89 Å². The van der Waals surface area contributed by atoms with Gasteiger partial charge in [0.1, 0.15) is 0 Å². The molecule has 7 nitrogen and oxygen atoms in total. The first-order chi connectivity index (χ1) is 10.7. The van der Waals surface area contributed by atoms with E-state index in [1.165, 1.54) is 12.0 Å². The third-order valence-electron chi connectivity index (χ3n) is 4.61. The number of carbonyl (C=O) groups is 1. The maximum absolute atomic E-state index is 12.3. The molecule has 0 radical (unpaired) electrons. The molecule has 1 amide bonds. The van der Waals surface area contributed by atoms with Gasteiger partial charge in [-0.25, -0.2) is 0 Å². The minimum Gasteiger partial charge on any atom is -0.351 e. The molecule has 0 aromatic carbocycles. The first-order valence-corrected chi connectivity index (χ1v) is 7.59. The van der Waals surface area contributed by atoms with Crippen LogP contribution >= 0.6 is 0 Å². The summed E-state index contributed by atoms with van der Waals surface area (Å²) >= 11 is 0. The molecule has 1 saturated heterocycles. The summed E-state index contributed by atoms with van der Waals surface area (Å²) in [5.41, 5.74) is 3.07. The Balaban J connectivity index is 1.40. The van der Waals surface area contributed by atoms with Gasteiger partial charge in [0.05, 0.1) is 23.5 Å². The highest BCUT2D eigenvalue weighted by Gasteiger charge is 2.34. The number of hydrogen-bond donors (Lipinski definition) is 1. The van der Waals surface area contributed by atoms with Gasteiger partial charge in [0.25, 0.3) is 5.91 Å². The van der Waals surface area contributed by atoms with Crippen LogP contribution in [-0.4, -0.2) is 57.4 Å². The van der Waals surface area contributed by atoms with Crippen LogP contribution in [0.1, 0.15) is 28.0 Å². The lowest BCUT2D eigenvalue weighted by molar-refractivity contribution is 0.0705. The van der Waals surface area contributed by atoms with E-state index in [2.05, 4.69) is 31.4 Å². The predicted octanol–water partition coefficient (Wildman–Crippen LogP) is 0.649. The molecule has 0 bridgehead atoms. The van der Waals surface area contributed by atoms with E-state index in [9.17, 15) is 4.79 Å². The summed E-state index contributed by atoms with van der Waals surface area (Å²) in [6.07, 6.45) is 6.52. The van der Waals surface area contributed by atoms with E-state index < -0.39 is 0 Å². The van der Waals surface area contributed by atoms with Crippen LogP contribution in [0, 0.1) is 0 Å². The van der Waals surface area contributed by atoms with Gasteiger partial charge >= 0.3 is 0 Å².